The molecule has 4 aliphatic rings. The van der Waals surface area contributed by atoms with E-state index in [1.807, 2.05) is 67.6 Å². The highest BCUT2D eigenvalue weighted by Gasteiger charge is 2.40. The standard InChI is InChI=1S/C35H40N4O6.C31H31N3O3/c1-22-15-17-23(18-16-22)20-29(37-33(41)44-35(2,3)4)31(36)38-45-32(40)30-14-9-19-39(30)34(42)43-21-28-26-12-7-5-10-24(26)25-11-6-8-13-27(25)28;1-20-13-15-22(16-14-20)18-21(2)29-32-30(37-33-29)28-12-7-17-34(28)31(35)36-19-27-25-10-5-3-8-23(25)24-9-4-6-11-26(24)27/h5-8,10-13,15-18,28-30H,9,14,19-21H2,1-4H3,(H2,36,38)(H,37,41);3-6,8-11,13-16,21,27-28H,7,12,17-19H2,1-2H3/t29-,30-;21-,28-/m00/s1. The van der Waals surface area contributed by atoms with Crippen LogP contribution in [0.2, 0.25) is 0 Å². The Hall–Kier alpha value is -8.79. The Kier molecular flexibility index (Phi) is 17.2. The second-order valence-electron chi connectivity index (χ2n) is 22.7. The highest BCUT2D eigenvalue weighted by molar-refractivity contribution is 5.90. The fraction of sp³-hybridized carbons (Fsp3) is 0.348. The largest absolute Gasteiger partial charge is 0.448 e. The number of ether oxygens (including phenoxy) is 3. The van der Waals surface area contributed by atoms with Gasteiger partial charge in [-0.2, -0.15) is 4.98 Å². The maximum atomic E-state index is 13.2. The number of nitrogens with one attached hydrogen (secondary N) is 1. The van der Waals surface area contributed by atoms with E-state index in [1.54, 1.807) is 25.7 Å². The zero-order valence-corrected chi connectivity index (χ0v) is 47.4. The number of nitrogens with two attached hydrogens (primary N) is 1. The first-order valence-electron chi connectivity index (χ1n) is 28.3. The number of rotatable bonds is 14. The molecule has 16 nitrogen and oxygen atoms in total. The van der Waals surface area contributed by atoms with E-state index in [0.29, 0.717) is 50.7 Å². The average molecular weight is 1110 g/mol. The number of nitrogens with zero attached hydrogens (tertiary/aromatic N) is 5. The number of carbonyl (C=O) groups is 4. The summed E-state index contributed by atoms with van der Waals surface area (Å²) in [6.45, 7) is 12.9. The summed E-state index contributed by atoms with van der Waals surface area (Å²) in [4.78, 5) is 65.2. The van der Waals surface area contributed by atoms with Crippen LogP contribution < -0.4 is 11.1 Å². The van der Waals surface area contributed by atoms with Gasteiger partial charge in [-0.1, -0.05) is 174 Å². The molecule has 3 N–H and O–H groups in total. The van der Waals surface area contributed by atoms with E-state index in [2.05, 4.69) is 114 Å². The van der Waals surface area contributed by atoms with Crippen molar-refractivity contribution in [2.75, 3.05) is 26.3 Å². The highest BCUT2D eigenvalue weighted by atomic mass is 16.7. The van der Waals surface area contributed by atoms with Gasteiger partial charge in [-0.15, -0.1) is 0 Å². The number of fused-ring (bicyclic) bond motifs is 6. The molecule has 0 unspecified atom stereocenters. The molecule has 2 fully saturated rings. The van der Waals surface area contributed by atoms with Gasteiger partial charge in [-0.25, -0.2) is 19.2 Å². The molecule has 82 heavy (non-hydrogen) atoms. The predicted molar refractivity (Wildman–Crippen MR) is 312 cm³/mol. The molecular weight excluding hydrogens is 1030 g/mol. The summed E-state index contributed by atoms with van der Waals surface area (Å²) in [5, 5.41) is 10.9. The van der Waals surface area contributed by atoms with E-state index in [9.17, 15) is 19.2 Å². The van der Waals surface area contributed by atoms with Crippen molar-refractivity contribution in [2.24, 2.45) is 10.9 Å². The summed E-state index contributed by atoms with van der Waals surface area (Å²) in [6.07, 6.45) is 2.22. The molecule has 16 heteroatoms. The highest BCUT2D eigenvalue weighted by Crippen LogP contribution is 2.46. The Labute approximate surface area is 479 Å². The number of hydrogen-bond donors (Lipinski definition) is 2. The van der Waals surface area contributed by atoms with Crippen molar-refractivity contribution < 1.29 is 42.7 Å². The van der Waals surface area contributed by atoms with Crippen molar-refractivity contribution in [1.82, 2.24) is 25.3 Å². The van der Waals surface area contributed by atoms with Crippen LogP contribution in [0.25, 0.3) is 22.3 Å². The topological polar surface area (TPSA) is 201 Å². The second-order valence-corrected chi connectivity index (χ2v) is 22.7. The van der Waals surface area contributed by atoms with Gasteiger partial charge in [0.1, 0.15) is 30.9 Å². The molecule has 2 aliphatic heterocycles. The Morgan fingerprint density at radius 3 is 1.63 bits per heavy atom. The van der Waals surface area contributed by atoms with Gasteiger partial charge in [-0.3, -0.25) is 9.80 Å². The Bertz CT molecular complexity index is 3350. The van der Waals surface area contributed by atoms with Gasteiger partial charge >= 0.3 is 24.2 Å². The maximum Gasteiger partial charge on any atom is 0.410 e. The van der Waals surface area contributed by atoms with E-state index in [-0.39, 0.29) is 42.3 Å². The maximum absolute atomic E-state index is 13.2. The minimum absolute atomic E-state index is 0.0371. The van der Waals surface area contributed by atoms with E-state index in [4.69, 9.17) is 34.3 Å². The first-order chi connectivity index (χ1) is 39.6. The van der Waals surface area contributed by atoms with Crippen LogP contribution in [0.5, 0.6) is 0 Å². The lowest BCUT2D eigenvalue weighted by atomic mass is 9.98. The van der Waals surface area contributed by atoms with Crippen molar-refractivity contribution >= 4 is 30.1 Å². The summed E-state index contributed by atoms with van der Waals surface area (Å²) in [5.74, 6) is 0.392. The first-order valence-corrected chi connectivity index (χ1v) is 28.3. The number of aryl methyl sites for hydroxylation is 2. The van der Waals surface area contributed by atoms with Gasteiger partial charge in [0.15, 0.2) is 11.7 Å². The molecule has 4 atom stereocenters. The molecule has 3 amide bonds. The molecule has 0 radical (unpaired) electrons. The fourth-order valence-corrected chi connectivity index (χ4v) is 11.4. The molecule has 3 heterocycles. The lowest BCUT2D eigenvalue weighted by molar-refractivity contribution is -0.148. The second kappa shape index (κ2) is 24.9. The predicted octanol–water partition coefficient (Wildman–Crippen LogP) is 12.5. The molecule has 424 valence electrons. The molecule has 0 saturated carbocycles. The van der Waals surface area contributed by atoms with E-state index >= 15 is 0 Å². The third kappa shape index (κ3) is 13.0. The SMILES string of the molecule is Cc1ccc(C[C@H](C)c2noc([C@@H]3CCCN3C(=O)OCC3c4ccccc4-c4ccccc43)n2)cc1.Cc1ccc(C[C@H](NC(=O)OC(C)(C)C)/C(N)=N/OC(=O)[C@@H]2CCCN2C(=O)OCC2c3ccccc3-c3ccccc32)cc1. The number of amides is 3. The third-order valence-electron chi connectivity index (χ3n) is 15.6. The van der Waals surface area contributed by atoms with Crippen molar-refractivity contribution in [3.63, 3.8) is 0 Å². The molecular formula is C66H71N7O9. The Morgan fingerprint density at radius 1 is 0.659 bits per heavy atom. The summed E-state index contributed by atoms with van der Waals surface area (Å²) in [7, 11) is 0. The number of likely N-dealkylation sites (tertiary alicyclic amines) is 2. The van der Waals surface area contributed by atoms with Crippen molar-refractivity contribution in [3.05, 3.63) is 202 Å². The molecule has 0 bridgehead atoms. The van der Waals surface area contributed by atoms with Crippen molar-refractivity contribution in [2.45, 2.75) is 122 Å². The lowest BCUT2D eigenvalue weighted by Gasteiger charge is -2.24. The summed E-state index contributed by atoms with van der Waals surface area (Å²) >= 11 is 0. The minimum atomic E-state index is -0.869. The number of oxime groups is 1. The van der Waals surface area contributed by atoms with E-state index in [0.717, 1.165) is 52.6 Å². The van der Waals surface area contributed by atoms with Crippen LogP contribution in [0, 0.1) is 13.8 Å². The van der Waals surface area contributed by atoms with Crippen LogP contribution in [0.1, 0.15) is 133 Å². The monoisotopic (exact) mass is 1110 g/mol. The lowest BCUT2D eigenvalue weighted by Crippen LogP contribution is -2.48. The summed E-state index contributed by atoms with van der Waals surface area (Å²) in [5.41, 5.74) is 19.3. The number of hydrogen-bond acceptors (Lipinski definition) is 12. The van der Waals surface area contributed by atoms with Crippen LogP contribution >= 0.6 is 0 Å². The van der Waals surface area contributed by atoms with Gasteiger partial charge < -0.3 is 34.6 Å². The minimum Gasteiger partial charge on any atom is -0.448 e. The Balaban J connectivity index is 0.000000187. The molecule has 2 aliphatic carbocycles. The van der Waals surface area contributed by atoms with Crippen LogP contribution in [-0.4, -0.2) is 94.0 Å². The van der Waals surface area contributed by atoms with Gasteiger partial charge in [0, 0.05) is 37.3 Å². The van der Waals surface area contributed by atoms with Crippen LogP contribution in [0.15, 0.2) is 155 Å². The molecule has 2 saturated heterocycles. The zero-order valence-electron chi connectivity index (χ0n) is 47.4. The molecule has 11 rings (SSSR count). The third-order valence-corrected chi connectivity index (χ3v) is 15.6. The zero-order chi connectivity index (χ0) is 57.5. The number of aromatic nitrogens is 2. The van der Waals surface area contributed by atoms with Crippen LogP contribution in [0.4, 0.5) is 14.4 Å². The number of amidine groups is 1. The van der Waals surface area contributed by atoms with E-state index in [1.165, 1.54) is 38.3 Å². The van der Waals surface area contributed by atoms with Crippen LogP contribution in [-0.2, 0) is 36.7 Å². The van der Waals surface area contributed by atoms with Gasteiger partial charge in [0.25, 0.3) is 0 Å². The Morgan fingerprint density at radius 2 is 1.12 bits per heavy atom. The number of alkyl carbamates (subject to hydrolysis) is 1. The smallest absolute Gasteiger partial charge is 0.410 e. The van der Waals surface area contributed by atoms with Crippen molar-refractivity contribution in [3.8, 4) is 22.3 Å². The number of carbonyl (C=O) groups excluding carboxylic acids is 4. The molecule has 1 aromatic heterocycles. The van der Waals surface area contributed by atoms with Crippen LogP contribution in [0.3, 0.4) is 0 Å². The van der Waals surface area contributed by atoms with Gasteiger partial charge in [0.05, 0.1) is 6.04 Å². The fourth-order valence-electron chi connectivity index (χ4n) is 11.4. The molecule has 6 aromatic carbocycles. The molecule has 7 aromatic rings. The van der Waals surface area contributed by atoms with Crippen molar-refractivity contribution in [1.29, 1.82) is 0 Å². The summed E-state index contributed by atoms with van der Waals surface area (Å²) < 4.78 is 22.8. The van der Waals surface area contributed by atoms with Gasteiger partial charge in [-0.05, 0) is 122 Å². The first kappa shape index (κ1) is 56.5. The number of benzene rings is 6. The quantitative estimate of drug-likeness (QED) is 0.0344. The molecule has 0 spiro atoms. The van der Waals surface area contributed by atoms with E-state index < -0.39 is 35.8 Å². The average Bonchev–Trinajstić information content (AvgIpc) is 4.29. The normalized spacial score (nSPS) is 17.1. The summed E-state index contributed by atoms with van der Waals surface area (Å²) in [6, 6.07) is 47.3. The van der Waals surface area contributed by atoms with Gasteiger partial charge in [0.2, 0.25) is 5.89 Å².